The molecule has 31 heavy (non-hydrogen) atoms. The predicted molar refractivity (Wildman–Crippen MR) is 124 cm³/mol. The molecule has 0 aliphatic rings. The molecular formula is C24H30N4O2S. The van der Waals surface area contributed by atoms with E-state index in [0.29, 0.717) is 17.6 Å². The van der Waals surface area contributed by atoms with Crippen molar-refractivity contribution in [2.75, 3.05) is 5.75 Å². The summed E-state index contributed by atoms with van der Waals surface area (Å²) in [7, 11) is 1.89. The van der Waals surface area contributed by atoms with Crippen LogP contribution in [0.15, 0.2) is 53.7 Å². The third-order valence-corrected chi connectivity index (χ3v) is 6.05. The van der Waals surface area contributed by atoms with E-state index < -0.39 is 0 Å². The molecule has 2 aromatic carbocycles. The first-order valence-corrected chi connectivity index (χ1v) is 11.4. The Morgan fingerprint density at radius 3 is 2.39 bits per heavy atom. The van der Waals surface area contributed by atoms with Crippen molar-refractivity contribution >= 4 is 17.7 Å². The Balaban J connectivity index is 1.51. The molecule has 3 aromatic rings. The number of hydrogen-bond donors (Lipinski definition) is 1. The summed E-state index contributed by atoms with van der Waals surface area (Å²) in [4.78, 5) is 12.2. The van der Waals surface area contributed by atoms with Gasteiger partial charge in [0.15, 0.2) is 17.1 Å². The minimum Gasteiger partial charge on any atom is -0.483 e. The van der Waals surface area contributed by atoms with E-state index >= 15 is 0 Å². The van der Waals surface area contributed by atoms with Gasteiger partial charge in [-0.3, -0.25) is 4.79 Å². The second kappa shape index (κ2) is 10.5. The Morgan fingerprint density at radius 1 is 1.06 bits per heavy atom. The van der Waals surface area contributed by atoms with E-state index in [9.17, 15) is 4.79 Å². The fraction of sp³-hybridized carbons (Fsp3) is 0.375. The largest absolute Gasteiger partial charge is 0.483 e. The molecule has 0 radical (unpaired) electrons. The Labute approximate surface area is 188 Å². The minimum atomic E-state index is -0.257. The van der Waals surface area contributed by atoms with Crippen LogP contribution < -0.4 is 10.1 Å². The van der Waals surface area contributed by atoms with E-state index in [2.05, 4.69) is 41.5 Å². The summed E-state index contributed by atoms with van der Waals surface area (Å²) in [6.07, 6.45) is -0.257. The molecule has 7 heteroatoms. The summed E-state index contributed by atoms with van der Waals surface area (Å²) in [5.74, 6) is 2.24. The fourth-order valence-corrected chi connectivity index (χ4v) is 3.83. The molecule has 0 bridgehead atoms. The van der Waals surface area contributed by atoms with Crippen LogP contribution >= 0.6 is 11.8 Å². The summed E-state index contributed by atoms with van der Waals surface area (Å²) in [6, 6.07) is 16.3. The number of nitrogens with zero attached hydrogens (tertiary/aromatic N) is 3. The van der Waals surface area contributed by atoms with Crippen molar-refractivity contribution in [1.29, 1.82) is 0 Å². The topological polar surface area (TPSA) is 69.0 Å². The van der Waals surface area contributed by atoms with Crippen LogP contribution in [-0.4, -0.2) is 26.4 Å². The number of hydrogen-bond acceptors (Lipinski definition) is 5. The monoisotopic (exact) mass is 438 g/mol. The number of benzene rings is 2. The van der Waals surface area contributed by atoms with Crippen LogP contribution in [0.25, 0.3) is 0 Å². The van der Waals surface area contributed by atoms with Crippen LogP contribution in [0.2, 0.25) is 0 Å². The van der Waals surface area contributed by atoms with E-state index in [0.717, 1.165) is 17.1 Å². The lowest BCUT2D eigenvalue weighted by Crippen LogP contribution is -2.24. The molecule has 0 spiro atoms. The quantitative estimate of drug-likeness (QED) is 0.486. The number of thioether (sulfide) groups is 1. The number of carbonyl (C=O) groups excluding carboxylic acids is 1. The van der Waals surface area contributed by atoms with Gasteiger partial charge >= 0.3 is 0 Å². The number of ether oxygens (including phenoxy) is 1. The van der Waals surface area contributed by atoms with Gasteiger partial charge in [0, 0.05) is 13.6 Å². The standard InChI is InChI=1S/C24H30N4O2S/c1-16(2)20-10-12-21(13-11-20)30-18(4)23-26-27-24(28(23)5)31-15-22(29)25-14-19-8-6-17(3)7-9-19/h6-13,16,18H,14-15H2,1-5H3,(H,25,29). The maximum atomic E-state index is 12.2. The van der Waals surface area contributed by atoms with Crippen LogP contribution in [0, 0.1) is 6.92 Å². The maximum absolute atomic E-state index is 12.2. The van der Waals surface area contributed by atoms with E-state index in [4.69, 9.17) is 4.74 Å². The fourth-order valence-electron chi connectivity index (χ4n) is 3.08. The molecule has 1 N–H and O–H groups in total. The summed E-state index contributed by atoms with van der Waals surface area (Å²) < 4.78 is 7.92. The summed E-state index contributed by atoms with van der Waals surface area (Å²) in [6.45, 7) is 8.84. The van der Waals surface area contributed by atoms with Gasteiger partial charge in [-0.1, -0.05) is 67.6 Å². The van der Waals surface area contributed by atoms with Crippen LogP contribution in [0.1, 0.15) is 55.3 Å². The molecule has 1 unspecified atom stereocenters. The van der Waals surface area contributed by atoms with Crippen molar-refractivity contribution in [1.82, 2.24) is 20.1 Å². The molecule has 1 aromatic heterocycles. The number of amides is 1. The maximum Gasteiger partial charge on any atom is 0.230 e. The van der Waals surface area contributed by atoms with E-state index in [1.54, 1.807) is 0 Å². The van der Waals surface area contributed by atoms with Crippen molar-refractivity contribution in [3.63, 3.8) is 0 Å². The highest BCUT2D eigenvalue weighted by molar-refractivity contribution is 7.99. The SMILES string of the molecule is Cc1ccc(CNC(=O)CSc2nnc(C(C)Oc3ccc(C(C)C)cc3)n2C)cc1. The molecule has 1 heterocycles. The molecular weight excluding hydrogens is 408 g/mol. The normalized spacial score (nSPS) is 12.1. The molecule has 0 aliphatic heterocycles. The Kier molecular flexibility index (Phi) is 7.74. The minimum absolute atomic E-state index is 0.0373. The van der Waals surface area contributed by atoms with Crippen molar-refractivity contribution in [2.24, 2.45) is 7.05 Å². The second-order valence-electron chi connectivity index (χ2n) is 7.93. The van der Waals surface area contributed by atoms with Crippen molar-refractivity contribution in [2.45, 2.75) is 51.4 Å². The zero-order valence-electron chi connectivity index (χ0n) is 18.8. The van der Waals surface area contributed by atoms with Gasteiger partial charge in [0.25, 0.3) is 0 Å². The molecule has 6 nitrogen and oxygen atoms in total. The number of aromatic nitrogens is 3. The lowest BCUT2D eigenvalue weighted by Gasteiger charge is -2.15. The molecule has 1 atom stereocenters. The lowest BCUT2D eigenvalue weighted by atomic mass is 10.0. The number of carbonyl (C=O) groups is 1. The van der Waals surface area contributed by atoms with Gasteiger partial charge in [-0.05, 0) is 43.0 Å². The lowest BCUT2D eigenvalue weighted by molar-refractivity contribution is -0.118. The van der Waals surface area contributed by atoms with Crippen molar-refractivity contribution < 1.29 is 9.53 Å². The molecule has 0 saturated carbocycles. The average Bonchev–Trinajstić information content (AvgIpc) is 3.12. The average molecular weight is 439 g/mol. The smallest absolute Gasteiger partial charge is 0.230 e. The first-order chi connectivity index (χ1) is 14.8. The van der Waals surface area contributed by atoms with Gasteiger partial charge in [0.1, 0.15) is 5.75 Å². The van der Waals surface area contributed by atoms with Gasteiger partial charge in [0.2, 0.25) is 5.91 Å². The van der Waals surface area contributed by atoms with Crippen LogP contribution in [-0.2, 0) is 18.4 Å². The van der Waals surface area contributed by atoms with Crippen LogP contribution in [0.3, 0.4) is 0 Å². The first kappa shape index (κ1) is 22.9. The van der Waals surface area contributed by atoms with Crippen molar-refractivity contribution in [3.05, 3.63) is 71.0 Å². The second-order valence-corrected chi connectivity index (χ2v) is 8.88. The third kappa shape index (κ3) is 6.34. The highest BCUT2D eigenvalue weighted by Gasteiger charge is 2.18. The van der Waals surface area contributed by atoms with E-state index in [1.807, 2.05) is 61.9 Å². The third-order valence-electron chi connectivity index (χ3n) is 5.03. The highest BCUT2D eigenvalue weighted by atomic mass is 32.2. The number of aryl methyl sites for hydroxylation is 1. The molecule has 0 aliphatic carbocycles. The summed E-state index contributed by atoms with van der Waals surface area (Å²) in [5.41, 5.74) is 3.56. The van der Waals surface area contributed by atoms with Gasteiger partial charge < -0.3 is 14.6 Å². The van der Waals surface area contributed by atoms with E-state index in [1.165, 1.54) is 22.9 Å². The number of nitrogens with one attached hydrogen (secondary N) is 1. The van der Waals surface area contributed by atoms with Gasteiger partial charge in [-0.25, -0.2) is 0 Å². The van der Waals surface area contributed by atoms with Gasteiger partial charge in [-0.15, -0.1) is 10.2 Å². The predicted octanol–water partition coefficient (Wildman–Crippen LogP) is 4.80. The van der Waals surface area contributed by atoms with Crippen LogP contribution in [0.5, 0.6) is 5.75 Å². The van der Waals surface area contributed by atoms with Gasteiger partial charge in [-0.2, -0.15) is 0 Å². The zero-order chi connectivity index (χ0) is 22.4. The van der Waals surface area contributed by atoms with E-state index in [-0.39, 0.29) is 17.8 Å². The molecule has 0 saturated heterocycles. The Hall–Kier alpha value is -2.80. The Morgan fingerprint density at radius 2 is 1.74 bits per heavy atom. The Bertz CT molecular complexity index is 997. The highest BCUT2D eigenvalue weighted by Crippen LogP contribution is 2.25. The number of rotatable bonds is 9. The molecule has 164 valence electrons. The van der Waals surface area contributed by atoms with Crippen LogP contribution in [0.4, 0.5) is 0 Å². The molecule has 3 rings (SSSR count). The van der Waals surface area contributed by atoms with Gasteiger partial charge in [0.05, 0.1) is 5.75 Å². The first-order valence-electron chi connectivity index (χ1n) is 10.4. The molecule has 0 fully saturated rings. The zero-order valence-corrected chi connectivity index (χ0v) is 19.6. The molecule has 1 amide bonds. The summed E-state index contributed by atoms with van der Waals surface area (Å²) in [5, 5.41) is 12.1. The summed E-state index contributed by atoms with van der Waals surface area (Å²) >= 11 is 1.36. The van der Waals surface area contributed by atoms with Crippen molar-refractivity contribution in [3.8, 4) is 5.75 Å².